The fourth-order valence-corrected chi connectivity index (χ4v) is 2.13. The maximum absolute atomic E-state index is 6.11. The summed E-state index contributed by atoms with van der Waals surface area (Å²) in [6.07, 6.45) is 1.80. The van der Waals surface area contributed by atoms with Crippen LogP contribution < -0.4 is 4.90 Å². The first-order valence-electron chi connectivity index (χ1n) is 5.39. The molecule has 0 atom stereocenters. The Labute approximate surface area is 95.7 Å². The van der Waals surface area contributed by atoms with E-state index in [-0.39, 0.29) is 0 Å². The molecule has 0 spiro atoms. The Bertz CT molecular complexity index is 321. The molecule has 1 aliphatic rings. The van der Waals surface area contributed by atoms with Crippen LogP contribution in [0.15, 0.2) is 18.3 Å². The van der Waals surface area contributed by atoms with E-state index in [1.54, 1.807) is 6.20 Å². The van der Waals surface area contributed by atoms with Crippen molar-refractivity contribution in [3.63, 3.8) is 0 Å². The van der Waals surface area contributed by atoms with Gasteiger partial charge in [0, 0.05) is 32.4 Å². The maximum Gasteiger partial charge on any atom is 0.147 e. The molecule has 0 bridgehead atoms. The Kier molecular flexibility index (Phi) is 3.44. The molecule has 1 fully saturated rings. The molecule has 0 N–H and O–H groups in total. The van der Waals surface area contributed by atoms with Gasteiger partial charge in [0.2, 0.25) is 0 Å². The van der Waals surface area contributed by atoms with E-state index < -0.39 is 0 Å². The quantitative estimate of drug-likeness (QED) is 0.766. The molecule has 82 valence electrons. The monoisotopic (exact) mass is 225 g/mol. The lowest BCUT2D eigenvalue weighted by Crippen LogP contribution is -2.46. The number of halogens is 1. The first-order chi connectivity index (χ1) is 7.31. The Hall–Kier alpha value is -0.800. The summed E-state index contributed by atoms with van der Waals surface area (Å²) >= 11 is 6.11. The lowest BCUT2D eigenvalue weighted by atomic mass is 10.3. The molecule has 0 aromatic carbocycles. The van der Waals surface area contributed by atoms with E-state index in [2.05, 4.69) is 21.7 Å². The Morgan fingerprint density at radius 2 is 2.07 bits per heavy atom. The molecule has 0 radical (unpaired) electrons. The SMILES string of the molecule is CCN1CCN(c2ncccc2Cl)CC1. The van der Waals surface area contributed by atoms with Crippen LogP contribution in [0.2, 0.25) is 5.02 Å². The summed E-state index contributed by atoms with van der Waals surface area (Å²) in [4.78, 5) is 9.02. The second-order valence-corrected chi connectivity index (χ2v) is 4.14. The van der Waals surface area contributed by atoms with Crippen LogP contribution in [0.25, 0.3) is 0 Å². The molecule has 1 aromatic heterocycles. The molecule has 1 aromatic rings. The summed E-state index contributed by atoms with van der Waals surface area (Å²) in [5.41, 5.74) is 0. The smallest absolute Gasteiger partial charge is 0.147 e. The predicted molar refractivity (Wildman–Crippen MR) is 63.6 cm³/mol. The summed E-state index contributed by atoms with van der Waals surface area (Å²) < 4.78 is 0. The van der Waals surface area contributed by atoms with E-state index in [0.717, 1.165) is 43.6 Å². The van der Waals surface area contributed by atoms with Gasteiger partial charge in [-0.3, -0.25) is 0 Å². The molecule has 2 heterocycles. The number of aromatic nitrogens is 1. The van der Waals surface area contributed by atoms with Crippen LogP contribution >= 0.6 is 11.6 Å². The zero-order valence-corrected chi connectivity index (χ0v) is 9.74. The van der Waals surface area contributed by atoms with Crippen molar-refractivity contribution in [3.8, 4) is 0 Å². The van der Waals surface area contributed by atoms with Crippen LogP contribution in [0.5, 0.6) is 0 Å². The molecule has 1 aliphatic heterocycles. The zero-order valence-electron chi connectivity index (χ0n) is 8.99. The Morgan fingerprint density at radius 3 is 2.67 bits per heavy atom. The van der Waals surface area contributed by atoms with Crippen molar-refractivity contribution in [2.45, 2.75) is 6.92 Å². The van der Waals surface area contributed by atoms with Gasteiger partial charge < -0.3 is 9.80 Å². The van der Waals surface area contributed by atoms with Crippen LogP contribution in [0, 0.1) is 0 Å². The molecule has 4 heteroatoms. The van der Waals surface area contributed by atoms with Gasteiger partial charge in [-0.2, -0.15) is 0 Å². The van der Waals surface area contributed by atoms with Gasteiger partial charge in [0.15, 0.2) is 0 Å². The largest absolute Gasteiger partial charge is 0.353 e. The highest BCUT2D eigenvalue weighted by atomic mass is 35.5. The minimum atomic E-state index is 0.752. The van der Waals surface area contributed by atoms with Crippen LogP contribution in [-0.2, 0) is 0 Å². The number of piperazine rings is 1. The predicted octanol–water partition coefficient (Wildman–Crippen LogP) is 1.88. The van der Waals surface area contributed by atoms with E-state index in [1.807, 2.05) is 12.1 Å². The normalized spacial score (nSPS) is 18.1. The highest BCUT2D eigenvalue weighted by molar-refractivity contribution is 6.32. The minimum Gasteiger partial charge on any atom is -0.353 e. The minimum absolute atomic E-state index is 0.752. The molecule has 0 aliphatic carbocycles. The van der Waals surface area contributed by atoms with Gasteiger partial charge in [0.05, 0.1) is 5.02 Å². The first kappa shape index (κ1) is 10.7. The van der Waals surface area contributed by atoms with Crippen molar-refractivity contribution in [2.75, 3.05) is 37.6 Å². The molecular formula is C11H16ClN3. The van der Waals surface area contributed by atoms with Crippen LogP contribution in [0.4, 0.5) is 5.82 Å². The van der Waals surface area contributed by atoms with Crippen molar-refractivity contribution < 1.29 is 0 Å². The van der Waals surface area contributed by atoms with Crippen LogP contribution in [0.3, 0.4) is 0 Å². The molecular weight excluding hydrogens is 210 g/mol. The van der Waals surface area contributed by atoms with Gasteiger partial charge in [0.25, 0.3) is 0 Å². The molecule has 3 nitrogen and oxygen atoms in total. The summed E-state index contributed by atoms with van der Waals surface area (Å²) in [6.45, 7) is 7.56. The average Bonchev–Trinajstić information content (AvgIpc) is 2.30. The third-order valence-electron chi connectivity index (χ3n) is 2.86. The number of anilines is 1. The lowest BCUT2D eigenvalue weighted by molar-refractivity contribution is 0.270. The van der Waals surface area contributed by atoms with Crippen LogP contribution in [-0.4, -0.2) is 42.6 Å². The second-order valence-electron chi connectivity index (χ2n) is 3.73. The topological polar surface area (TPSA) is 19.4 Å². The van der Waals surface area contributed by atoms with E-state index in [4.69, 9.17) is 11.6 Å². The van der Waals surface area contributed by atoms with E-state index in [9.17, 15) is 0 Å². The van der Waals surface area contributed by atoms with Crippen molar-refractivity contribution in [3.05, 3.63) is 23.4 Å². The van der Waals surface area contributed by atoms with Gasteiger partial charge in [0.1, 0.15) is 5.82 Å². The molecule has 0 amide bonds. The molecule has 0 saturated carbocycles. The number of rotatable bonds is 2. The van der Waals surface area contributed by atoms with Crippen molar-refractivity contribution >= 4 is 17.4 Å². The molecule has 2 rings (SSSR count). The third kappa shape index (κ3) is 2.41. The number of hydrogen-bond acceptors (Lipinski definition) is 3. The zero-order chi connectivity index (χ0) is 10.7. The van der Waals surface area contributed by atoms with Crippen molar-refractivity contribution in [1.82, 2.24) is 9.88 Å². The Morgan fingerprint density at radius 1 is 1.33 bits per heavy atom. The molecule has 1 saturated heterocycles. The van der Waals surface area contributed by atoms with Gasteiger partial charge in [-0.1, -0.05) is 18.5 Å². The van der Waals surface area contributed by atoms with Crippen molar-refractivity contribution in [2.24, 2.45) is 0 Å². The standard InChI is InChI=1S/C11H16ClN3/c1-2-14-6-8-15(9-7-14)11-10(12)4-3-5-13-11/h3-5H,2,6-9H2,1H3. The summed E-state index contributed by atoms with van der Waals surface area (Å²) in [6, 6.07) is 3.77. The molecule has 0 unspecified atom stereocenters. The van der Waals surface area contributed by atoms with Gasteiger partial charge in [-0.15, -0.1) is 0 Å². The van der Waals surface area contributed by atoms with E-state index in [0.29, 0.717) is 0 Å². The Balaban J connectivity index is 2.04. The fraction of sp³-hybridized carbons (Fsp3) is 0.545. The average molecular weight is 226 g/mol. The van der Waals surface area contributed by atoms with E-state index >= 15 is 0 Å². The number of nitrogens with zero attached hydrogens (tertiary/aromatic N) is 3. The number of likely N-dealkylation sites (N-methyl/N-ethyl adjacent to an activating group) is 1. The third-order valence-corrected chi connectivity index (χ3v) is 3.15. The van der Waals surface area contributed by atoms with Gasteiger partial charge in [-0.05, 0) is 18.7 Å². The number of hydrogen-bond donors (Lipinski definition) is 0. The second kappa shape index (κ2) is 4.81. The van der Waals surface area contributed by atoms with Gasteiger partial charge >= 0.3 is 0 Å². The number of pyridine rings is 1. The highest BCUT2D eigenvalue weighted by Crippen LogP contribution is 2.23. The van der Waals surface area contributed by atoms with Crippen LogP contribution in [0.1, 0.15) is 6.92 Å². The fourth-order valence-electron chi connectivity index (χ4n) is 1.89. The highest BCUT2D eigenvalue weighted by Gasteiger charge is 2.18. The molecule has 15 heavy (non-hydrogen) atoms. The summed E-state index contributed by atoms with van der Waals surface area (Å²) in [5, 5.41) is 0.752. The lowest BCUT2D eigenvalue weighted by Gasteiger charge is -2.35. The first-order valence-corrected chi connectivity index (χ1v) is 5.77. The maximum atomic E-state index is 6.11. The summed E-state index contributed by atoms with van der Waals surface area (Å²) in [5.74, 6) is 0.926. The van der Waals surface area contributed by atoms with E-state index in [1.165, 1.54) is 0 Å². The summed E-state index contributed by atoms with van der Waals surface area (Å²) in [7, 11) is 0. The van der Waals surface area contributed by atoms with Crippen molar-refractivity contribution in [1.29, 1.82) is 0 Å². The van der Waals surface area contributed by atoms with Gasteiger partial charge in [-0.25, -0.2) is 4.98 Å².